The molecule has 0 saturated carbocycles. The van der Waals surface area contributed by atoms with Gasteiger partial charge in [-0.2, -0.15) is 5.10 Å². The van der Waals surface area contributed by atoms with Gasteiger partial charge in [-0.3, -0.25) is 9.78 Å². The number of phenols is 1. The second-order valence-corrected chi connectivity index (χ2v) is 4.69. The molecule has 0 radical (unpaired) electrons. The predicted molar refractivity (Wildman–Crippen MR) is 84.9 cm³/mol. The Morgan fingerprint density at radius 3 is 2.50 bits per heavy atom. The molecule has 5 heteroatoms. The summed E-state index contributed by atoms with van der Waals surface area (Å²) in [6.45, 7) is 0. The Hall–Kier alpha value is -3.21. The van der Waals surface area contributed by atoms with E-state index in [1.165, 1.54) is 18.6 Å². The Morgan fingerprint density at radius 2 is 1.77 bits per heavy atom. The van der Waals surface area contributed by atoms with Crippen LogP contribution < -0.4 is 5.43 Å². The topological polar surface area (TPSA) is 74.6 Å². The molecular formula is C17H13N3O2. The quantitative estimate of drug-likeness (QED) is 0.575. The van der Waals surface area contributed by atoms with Crippen molar-refractivity contribution in [3.05, 3.63) is 72.1 Å². The van der Waals surface area contributed by atoms with Crippen LogP contribution in [0.2, 0.25) is 0 Å². The fraction of sp³-hybridized carbons (Fsp3) is 0. The van der Waals surface area contributed by atoms with Crippen molar-refractivity contribution >= 4 is 22.9 Å². The van der Waals surface area contributed by atoms with Gasteiger partial charge in [-0.05, 0) is 35.0 Å². The van der Waals surface area contributed by atoms with Gasteiger partial charge in [-0.1, -0.05) is 24.3 Å². The first kappa shape index (κ1) is 13.8. The number of nitrogens with zero attached hydrogens (tertiary/aromatic N) is 2. The van der Waals surface area contributed by atoms with Crippen LogP contribution in [0.5, 0.6) is 5.75 Å². The number of aromatic nitrogens is 1. The third-order valence-electron chi connectivity index (χ3n) is 3.21. The molecule has 1 amide bonds. The number of rotatable bonds is 3. The Kier molecular flexibility index (Phi) is 3.78. The van der Waals surface area contributed by atoms with Crippen LogP contribution in [-0.4, -0.2) is 22.2 Å². The van der Waals surface area contributed by atoms with E-state index in [0.717, 1.165) is 10.8 Å². The zero-order valence-corrected chi connectivity index (χ0v) is 11.6. The maximum Gasteiger partial charge on any atom is 0.271 e. The van der Waals surface area contributed by atoms with E-state index in [9.17, 15) is 9.90 Å². The summed E-state index contributed by atoms with van der Waals surface area (Å²) in [6, 6.07) is 14.4. The molecule has 22 heavy (non-hydrogen) atoms. The average molecular weight is 291 g/mol. The molecule has 0 spiro atoms. The molecule has 1 heterocycles. The number of benzene rings is 2. The number of carbonyl (C=O) groups is 1. The standard InChI is InChI=1S/C17H13N3O2/c21-16-10-14-4-2-1-3-13(14)9-15(16)11-19-20-17(22)12-5-7-18-8-6-12/h1-11,21H,(H,20,22)/b19-11-. The van der Waals surface area contributed by atoms with Gasteiger partial charge in [-0.25, -0.2) is 5.43 Å². The summed E-state index contributed by atoms with van der Waals surface area (Å²) in [5.41, 5.74) is 3.42. The number of phenolic OH excluding ortho intramolecular Hbond substituents is 1. The number of pyridine rings is 1. The van der Waals surface area contributed by atoms with E-state index in [-0.39, 0.29) is 11.7 Å². The number of fused-ring (bicyclic) bond motifs is 1. The van der Waals surface area contributed by atoms with Gasteiger partial charge in [0.2, 0.25) is 0 Å². The Labute approximate surface area is 126 Å². The van der Waals surface area contributed by atoms with Crippen molar-refractivity contribution in [1.82, 2.24) is 10.4 Å². The van der Waals surface area contributed by atoms with Gasteiger partial charge in [0, 0.05) is 23.5 Å². The highest BCUT2D eigenvalue weighted by Crippen LogP contribution is 2.23. The monoisotopic (exact) mass is 291 g/mol. The molecule has 3 aromatic rings. The van der Waals surface area contributed by atoms with E-state index >= 15 is 0 Å². The van der Waals surface area contributed by atoms with Crippen molar-refractivity contribution in [3.8, 4) is 5.75 Å². The van der Waals surface area contributed by atoms with E-state index in [1.54, 1.807) is 18.2 Å². The van der Waals surface area contributed by atoms with Crippen LogP contribution in [0.3, 0.4) is 0 Å². The van der Waals surface area contributed by atoms with Gasteiger partial charge in [0.25, 0.3) is 5.91 Å². The highest BCUT2D eigenvalue weighted by Gasteiger charge is 2.04. The lowest BCUT2D eigenvalue weighted by Crippen LogP contribution is -2.17. The zero-order chi connectivity index (χ0) is 15.4. The third kappa shape index (κ3) is 2.93. The van der Waals surface area contributed by atoms with Crippen molar-refractivity contribution in [3.63, 3.8) is 0 Å². The SMILES string of the molecule is O=C(N/N=C\c1cc2ccccc2cc1O)c1ccncc1. The Balaban J connectivity index is 1.78. The van der Waals surface area contributed by atoms with Gasteiger partial charge in [0.15, 0.2) is 0 Å². The maximum atomic E-state index is 11.8. The fourth-order valence-electron chi connectivity index (χ4n) is 2.08. The van der Waals surface area contributed by atoms with Crippen molar-refractivity contribution in [1.29, 1.82) is 0 Å². The van der Waals surface area contributed by atoms with Crippen LogP contribution >= 0.6 is 0 Å². The Morgan fingerprint density at radius 1 is 1.09 bits per heavy atom. The van der Waals surface area contributed by atoms with E-state index in [4.69, 9.17) is 0 Å². The number of nitrogens with one attached hydrogen (secondary N) is 1. The number of hydrogen-bond acceptors (Lipinski definition) is 4. The van der Waals surface area contributed by atoms with Crippen molar-refractivity contribution < 1.29 is 9.90 Å². The molecule has 2 N–H and O–H groups in total. The minimum atomic E-state index is -0.334. The molecule has 0 aliphatic heterocycles. The normalized spacial score (nSPS) is 10.9. The highest BCUT2D eigenvalue weighted by atomic mass is 16.3. The first-order valence-corrected chi connectivity index (χ1v) is 6.69. The molecule has 1 aromatic heterocycles. The van der Waals surface area contributed by atoms with E-state index in [2.05, 4.69) is 15.5 Å². The van der Waals surface area contributed by atoms with E-state index in [0.29, 0.717) is 11.1 Å². The largest absolute Gasteiger partial charge is 0.507 e. The lowest BCUT2D eigenvalue weighted by atomic mass is 10.1. The zero-order valence-electron chi connectivity index (χ0n) is 11.6. The summed E-state index contributed by atoms with van der Waals surface area (Å²) in [6.07, 6.45) is 4.49. The smallest absolute Gasteiger partial charge is 0.271 e. The first-order chi connectivity index (χ1) is 10.7. The average Bonchev–Trinajstić information content (AvgIpc) is 2.56. The van der Waals surface area contributed by atoms with E-state index < -0.39 is 0 Å². The minimum Gasteiger partial charge on any atom is -0.507 e. The molecule has 108 valence electrons. The predicted octanol–water partition coefficient (Wildman–Crippen LogP) is 2.70. The molecule has 5 nitrogen and oxygen atoms in total. The van der Waals surface area contributed by atoms with Crippen LogP contribution in [0, 0.1) is 0 Å². The second-order valence-electron chi connectivity index (χ2n) is 4.69. The summed E-state index contributed by atoms with van der Waals surface area (Å²) in [7, 11) is 0. The Bertz CT molecular complexity index is 845. The first-order valence-electron chi connectivity index (χ1n) is 6.69. The molecule has 3 rings (SSSR count). The molecule has 0 aliphatic carbocycles. The van der Waals surface area contributed by atoms with Gasteiger partial charge in [0.1, 0.15) is 5.75 Å². The summed E-state index contributed by atoms with van der Waals surface area (Å²) >= 11 is 0. The molecule has 0 saturated heterocycles. The van der Waals surface area contributed by atoms with Crippen LogP contribution in [0.1, 0.15) is 15.9 Å². The molecule has 0 fully saturated rings. The van der Waals surface area contributed by atoms with Gasteiger partial charge >= 0.3 is 0 Å². The molecule has 0 aliphatic rings. The lowest BCUT2D eigenvalue weighted by molar-refractivity contribution is 0.0955. The van der Waals surface area contributed by atoms with Crippen molar-refractivity contribution in [2.24, 2.45) is 5.10 Å². The summed E-state index contributed by atoms with van der Waals surface area (Å²) < 4.78 is 0. The number of aromatic hydroxyl groups is 1. The summed E-state index contributed by atoms with van der Waals surface area (Å²) in [5.74, 6) is -0.223. The maximum absolute atomic E-state index is 11.8. The van der Waals surface area contributed by atoms with Gasteiger partial charge in [0.05, 0.1) is 6.21 Å². The van der Waals surface area contributed by atoms with Crippen LogP contribution in [0.4, 0.5) is 0 Å². The van der Waals surface area contributed by atoms with Crippen LogP contribution in [-0.2, 0) is 0 Å². The highest BCUT2D eigenvalue weighted by molar-refractivity contribution is 5.96. The second kappa shape index (κ2) is 6.05. The molecule has 0 unspecified atom stereocenters. The van der Waals surface area contributed by atoms with Gasteiger partial charge in [-0.15, -0.1) is 0 Å². The molecular weight excluding hydrogens is 278 g/mol. The minimum absolute atomic E-state index is 0.112. The third-order valence-corrected chi connectivity index (χ3v) is 3.21. The van der Waals surface area contributed by atoms with E-state index in [1.807, 2.05) is 30.3 Å². The molecule has 0 bridgehead atoms. The van der Waals surface area contributed by atoms with Crippen LogP contribution in [0.25, 0.3) is 10.8 Å². The van der Waals surface area contributed by atoms with Gasteiger partial charge < -0.3 is 5.11 Å². The van der Waals surface area contributed by atoms with Crippen molar-refractivity contribution in [2.45, 2.75) is 0 Å². The number of hydrogen-bond donors (Lipinski definition) is 2. The summed E-state index contributed by atoms with van der Waals surface area (Å²) in [5, 5.41) is 15.8. The fourth-order valence-corrected chi connectivity index (χ4v) is 2.08. The van der Waals surface area contributed by atoms with Crippen LogP contribution in [0.15, 0.2) is 66.0 Å². The number of hydrazone groups is 1. The molecule has 2 aromatic carbocycles. The lowest BCUT2D eigenvalue weighted by Gasteiger charge is -2.03. The van der Waals surface area contributed by atoms with Crippen molar-refractivity contribution in [2.75, 3.05) is 0 Å². The molecule has 0 atom stereocenters. The summed E-state index contributed by atoms with van der Waals surface area (Å²) in [4.78, 5) is 15.7. The number of amides is 1. The number of carbonyl (C=O) groups excluding carboxylic acids is 1.